The van der Waals surface area contributed by atoms with Gasteiger partial charge in [-0.15, -0.1) is 0 Å². The third kappa shape index (κ3) is 3.96. The maximum atomic E-state index is 13.0. The summed E-state index contributed by atoms with van der Waals surface area (Å²) in [5.74, 6) is -0.572. The summed E-state index contributed by atoms with van der Waals surface area (Å²) < 4.78 is 13.0. The second-order valence-electron chi connectivity index (χ2n) is 6.03. The molecule has 1 amide bonds. The predicted octanol–water partition coefficient (Wildman–Crippen LogP) is 3.60. The van der Waals surface area contributed by atoms with Crippen LogP contribution < -0.4 is 5.32 Å². The third-order valence-electron chi connectivity index (χ3n) is 3.95. The van der Waals surface area contributed by atoms with Gasteiger partial charge in [-0.05, 0) is 56.5 Å². The van der Waals surface area contributed by atoms with Crippen molar-refractivity contribution in [2.45, 2.75) is 39.8 Å². The lowest BCUT2D eigenvalue weighted by Gasteiger charge is -2.22. The summed E-state index contributed by atoms with van der Waals surface area (Å²) in [6.45, 7) is 7.51. The summed E-state index contributed by atoms with van der Waals surface area (Å²) in [6.07, 6.45) is -0.898. The van der Waals surface area contributed by atoms with Crippen LogP contribution in [0.3, 0.4) is 0 Å². The standard InChI is InChI=1S/C19H22FNO2/c1-11-9-12(2)17(13(3)10-11)19(23)21-14(4)18(22)15-5-7-16(20)8-6-15/h5-10,14,18,22H,1-4H3,(H,21,23). The number of hydrogen-bond acceptors (Lipinski definition) is 2. The molecule has 2 rings (SSSR count). The van der Waals surface area contributed by atoms with Crippen LogP contribution in [0.25, 0.3) is 0 Å². The quantitative estimate of drug-likeness (QED) is 0.905. The van der Waals surface area contributed by atoms with Crippen molar-refractivity contribution >= 4 is 5.91 Å². The molecule has 2 aromatic rings. The second kappa shape index (κ2) is 6.92. The van der Waals surface area contributed by atoms with Crippen LogP contribution in [0, 0.1) is 26.6 Å². The van der Waals surface area contributed by atoms with Gasteiger partial charge in [0.05, 0.1) is 12.1 Å². The zero-order valence-corrected chi connectivity index (χ0v) is 13.9. The molecule has 2 N–H and O–H groups in total. The minimum absolute atomic E-state index is 0.214. The van der Waals surface area contributed by atoms with E-state index >= 15 is 0 Å². The highest BCUT2D eigenvalue weighted by Crippen LogP contribution is 2.20. The Morgan fingerprint density at radius 2 is 1.61 bits per heavy atom. The van der Waals surface area contributed by atoms with E-state index in [1.807, 2.05) is 32.9 Å². The lowest BCUT2D eigenvalue weighted by molar-refractivity contribution is 0.0850. The fourth-order valence-corrected chi connectivity index (χ4v) is 2.84. The molecule has 0 spiro atoms. The van der Waals surface area contributed by atoms with Gasteiger partial charge < -0.3 is 10.4 Å². The zero-order valence-electron chi connectivity index (χ0n) is 13.9. The second-order valence-corrected chi connectivity index (χ2v) is 6.03. The molecule has 23 heavy (non-hydrogen) atoms. The number of rotatable bonds is 4. The van der Waals surface area contributed by atoms with E-state index in [4.69, 9.17) is 0 Å². The van der Waals surface area contributed by atoms with Crippen molar-refractivity contribution in [2.75, 3.05) is 0 Å². The minimum Gasteiger partial charge on any atom is -0.386 e. The van der Waals surface area contributed by atoms with E-state index in [0.29, 0.717) is 11.1 Å². The maximum absolute atomic E-state index is 13.0. The Labute approximate surface area is 136 Å². The molecule has 2 atom stereocenters. The van der Waals surface area contributed by atoms with Crippen molar-refractivity contribution in [1.29, 1.82) is 0 Å². The van der Waals surface area contributed by atoms with Gasteiger partial charge in [-0.1, -0.05) is 29.8 Å². The van der Waals surface area contributed by atoms with Crippen molar-refractivity contribution in [1.82, 2.24) is 5.32 Å². The number of halogens is 1. The van der Waals surface area contributed by atoms with Crippen molar-refractivity contribution in [3.63, 3.8) is 0 Å². The smallest absolute Gasteiger partial charge is 0.252 e. The first-order valence-corrected chi connectivity index (χ1v) is 7.62. The molecule has 0 radical (unpaired) electrons. The van der Waals surface area contributed by atoms with Crippen LogP contribution in [-0.4, -0.2) is 17.1 Å². The van der Waals surface area contributed by atoms with Crippen LogP contribution in [0.15, 0.2) is 36.4 Å². The molecule has 122 valence electrons. The van der Waals surface area contributed by atoms with Gasteiger partial charge in [-0.2, -0.15) is 0 Å². The Hall–Kier alpha value is -2.20. The van der Waals surface area contributed by atoms with Crippen LogP contribution in [-0.2, 0) is 0 Å². The summed E-state index contributed by atoms with van der Waals surface area (Å²) in [7, 11) is 0. The third-order valence-corrected chi connectivity index (χ3v) is 3.95. The SMILES string of the molecule is Cc1cc(C)c(C(=O)NC(C)C(O)c2ccc(F)cc2)c(C)c1. The number of aliphatic hydroxyl groups is 1. The highest BCUT2D eigenvalue weighted by atomic mass is 19.1. The summed E-state index contributed by atoms with van der Waals surface area (Å²) in [5.41, 5.74) is 4.12. The van der Waals surface area contributed by atoms with Gasteiger partial charge >= 0.3 is 0 Å². The fraction of sp³-hybridized carbons (Fsp3) is 0.316. The molecule has 0 saturated carbocycles. The average Bonchev–Trinajstić information content (AvgIpc) is 2.46. The van der Waals surface area contributed by atoms with Gasteiger partial charge in [0.1, 0.15) is 5.82 Å². The van der Waals surface area contributed by atoms with E-state index in [-0.39, 0.29) is 11.7 Å². The van der Waals surface area contributed by atoms with E-state index in [1.165, 1.54) is 24.3 Å². The van der Waals surface area contributed by atoms with Gasteiger partial charge in [-0.3, -0.25) is 4.79 Å². The Morgan fingerprint density at radius 3 is 2.13 bits per heavy atom. The van der Waals surface area contributed by atoms with Gasteiger partial charge in [0.15, 0.2) is 0 Å². The van der Waals surface area contributed by atoms with Crippen molar-refractivity contribution in [3.05, 3.63) is 70.0 Å². The topological polar surface area (TPSA) is 49.3 Å². The normalized spacial score (nSPS) is 13.5. The Balaban J connectivity index is 2.15. The molecular formula is C19H22FNO2. The highest BCUT2D eigenvalue weighted by molar-refractivity contribution is 5.97. The summed E-state index contributed by atoms with van der Waals surface area (Å²) >= 11 is 0. The molecular weight excluding hydrogens is 293 g/mol. The van der Waals surface area contributed by atoms with Gasteiger partial charge in [0.2, 0.25) is 0 Å². The van der Waals surface area contributed by atoms with Gasteiger partial charge in [0.25, 0.3) is 5.91 Å². The summed E-state index contributed by atoms with van der Waals surface area (Å²) in [5, 5.41) is 13.1. The molecule has 4 heteroatoms. The average molecular weight is 315 g/mol. The first kappa shape index (κ1) is 17.2. The van der Waals surface area contributed by atoms with E-state index in [1.54, 1.807) is 6.92 Å². The lowest BCUT2D eigenvalue weighted by Crippen LogP contribution is -2.37. The monoisotopic (exact) mass is 315 g/mol. The number of carbonyl (C=O) groups excluding carboxylic acids is 1. The van der Waals surface area contributed by atoms with E-state index in [9.17, 15) is 14.3 Å². The maximum Gasteiger partial charge on any atom is 0.252 e. The molecule has 0 aromatic heterocycles. The molecule has 0 aliphatic carbocycles. The van der Waals surface area contributed by atoms with Crippen LogP contribution in [0.5, 0.6) is 0 Å². The number of benzene rings is 2. The Bertz CT molecular complexity index is 687. The molecule has 3 nitrogen and oxygen atoms in total. The molecule has 2 unspecified atom stereocenters. The first-order valence-electron chi connectivity index (χ1n) is 7.62. The summed E-state index contributed by atoms with van der Waals surface area (Å²) in [4.78, 5) is 12.5. The first-order chi connectivity index (χ1) is 10.8. The lowest BCUT2D eigenvalue weighted by atomic mass is 9.98. The van der Waals surface area contributed by atoms with Crippen LogP contribution >= 0.6 is 0 Å². The van der Waals surface area contributed by atoms with Crippen molar-refractivity contribution < 1.29 is 14.3 Å². The number of aryl methyl sites for hydroxylation is 3. The fourth-order valence-electron chi connectivity index (χ4n) is 2.84. The molecule has 0 heterocycles. The molecule has 0 fully saturated rings. The van der Waals surface area contributed by atoms with Crippen molar-refractivity contribution in [2.24, 2.45) is 0 Å². The number of amides is 1. The van der Waals surface area contributed by atoms with Crippen LogP contribution in [0.2, 0.25) is 0 Å². The minimum atomic E-state index is -0.898. The molecule has 2 aromatic carbocycles. The summed E-state index contributed by atoms with van der Waals surface area (Å²) in [6, 6.07) is 9.05. The number of hydrogen-bond donors (Lipinski definition) is 2. The van der Waals surface area contributed by atoms with E-state index < -0.39 is 12.1 Å². The van der Waals surface area contributed by atoms with E-state index in [0.717, 1.165) is 16.7 Å². The zero-order chi connectivity index (χ0) is 17.1. The Kier molecular flexibility index (Phi) is 5.16. The van der Waals surface area contributed by atoms with Crippen molar-refractivity contribution in [3.8, 4) is 0 Å². The van der Waals surface area contributed by atoms with Gasteiger partial charge in [-0.25, -0.2) is 4.39 Å². The number of aliphatic hydroxyl groups excluding tert-OH is 1. The highest BCUT2D eigenvalue weighted by Gasteiger charge is 2.21. The largest absolute Gasteiger partial charge is 0.386 e. The molecule has 0 saturated heterocycles. The Morgan fingerprint density at radius 1 is 1.09 bits per heavy atom. The van der Waals surface area contributed by atoms with Crippen LogP contribution in [0.1, 0.15) is 45.6 Å². The van der Waals surface area contributed by atoms with Gasteiger partial charge in [0, 0.05) is 5.56 Å². The number of carbonyl (C=O) groups is 1. The molecule has 0 bridgehead atoms. The predicted molar refractivity (Wildman–Crippen MR) is 88.9 cm³/mol. The van der Waals surface area contributed by atoms with Crippen LogP contribution in [0.4, 0.5) is 4.39 Å². The molecule has 0 aliphatic heterocycles. The number of nitrogens with one attached hydrogen (secondary N) is 1. The van der Waals surface area contributed by atoms with E-state index in [2.05, 4.69) is 5.32 Å². The molecule has 0 aliphatic rings.